The van der Waals surface area contributed by atoms with Crippen LogP contribution in [0, 0.1) is 13.8 Å². The number of hydrogen-bond acceptors (Lipinski definition) is 5. The zero-order valence-corrected chi connectivity index (χ0v) is 18.0. The van der Waals surface area contributed by atoms with Crippen LogP contribution < -0.4 is 5.32 Å². The van der Waals surface area contributed by atoms with Gasteiger partial charge in [-0.1, -0.05) is 6.07 Å². The molecule has 0 bridgehead atoms. The number of nitrogens with one attached hydrogen (secondary N) is 1. The highest BCUT2D eigenvalue weighted by Crippen LogP contribution is 2.24. The molecule has 0 aliphatic rings. The van der Waals surface area contributed by atoms with E-state index in [0.717, 1.165) is 16.8 Å². The third kappa shape index (κ3) is 3.80. The zero-order chi connectivity index (χ0) is 20.8. The van der Waals surface area contributed by atoms with Crippen molar-refractivity contribution in [3.05, 3.63) is 57.7 Å². The van der Waals surface area contributed by atoms with E-state index < -0.39 is 0 Å². The van der Waals surface area contributed by atoms with Crippen LogP contribution >= 0.6 is 11.3 Å². The Morgan fingerprint density at radius 2 is 2.00 bits per heavy atom. The lowest BCUT2D eigenvalue weighted by Gasteiger charge is -2.22. The molecule has 0 radical (unpaired) electrons. The summed E-state index contributed by atoms with van der Waals surface area (Å²) in [4.78, 5) is 19.0. The largest absolute Gasteiger partial charge is 0.307 e. The van der Waals surface area contributed by atoms with Gasteiger partial charge in [0.05, 0.1) is 34.9 Å². The van der Waals surface area contributed by atoms with Gasteiger partial charge in [0.2, 0.25) is 0 Å². The van der Waals surface area contributed by atoms with E-state index in [2.05, 4.69) is 47.3 Å². The van der Waals surface area contributed by atoms with Crippen LogP contribution in [0.25, 0.3) is 11.0 Å². The molecular weight excluding hydrogens is 384 g/mol. The lowest BCUT2D eigenvalue weighted by atomic mass is 10.1. The maximum atomic E-state index is 13.2. The van der Waals surface area contributed by atoms with Gasteiger partial charge in [-0.3, -0.25) is 4.79 Å². The minimum absolute atomic E-state index is 0.193. The van der Waals surface area contributed by atoms with E-state index in [9.17, 15) is 4.79 Å². The average molecular weight is 409 g/mol. The molecule has 0 aliphatic carbocycles. The van der Waals surface area contributed by atoms with Gasteiger partial charge in [-0.25, -0.2) is 14.3 Å². The third-order valence-corrected chi connectivity index (χ3v) is 5.44. The van der Waals surface area contributed by atoms with Gasteiger partial charge in [0.25, 0.3) is 5.91 Å². The molecule has 4 aromatic rings. The molecule has 0 aliphatic heterocycles. The zero-order valence-electron chi connectivity index (χ0n) is 17.2. The van der Waals surface area contributed by atoms with Gasteiger partial charge in [-0.05, 0) is 52.1 Å². The number of carbonyl (C=O) groups is 1. The number of amides is 1. The van der Waals surface area contributed by atoms with Gasteiger partial charge in [0.15, 0.2) is 5.65 Å². The van der Waals surface area contributed by atoms with E-state index in [-0.39, 0.29) is 11.4 Å². The molecule has 150 valence electrons. The second-order valence-electron chi connectivity index (χ2n) is 8.14. The van der Waals surface area contributed by atoms with Crippen LogP contribution in [-0.2, 0) is 12.1 Å². The fraction of sp³-hybridized carbons (Fsp3) is 0.333. The van der Waals surface area contributed by atoms with E-state index in [4.69, 9.17) is 0 Å². The number of thiophene rings is 1. The molecule has 0 spiro atoms. The van der Waals surface area contributed by atoms with Crippen molar-refractivity contribution >= 4 is 34.1 Å². The van der Waals surface area contributed by atoms with E-state index in [1.54, 1.807) is 23.6 Å². The molecule has 0 saturated carbocycles. The fourth-order valence-corrected chi connectivity index (χ4v) is 4.00. The molecule has 0 saturated heterocycles. The number of fused-ring (bicyclic) bond motifs is 1. The highest BCUT2D eigenvalue weighted by molar-refractivity contribution is 7.09. The van der Waals surface area contributed by atoms with Crippen molar-refractivity contribution in [2.45, 2.75) is 46.7 Å². The maximum absolute atomic E-state index is 13.2. The van der Waals surface area contributed by atoms with Crippen molar-refractivity contribution < 1.29 is 4.79 Å². The van der Waals surface area contributed by atoms with Crippen molar-refractivity contribution in [1.29, 1.82) is 0 Å². The van der Waals surface area contributed by atoms with Crippen LogP contribution in [0.2, 0.25) is 0 Å². The maximum Gasteiger partial charge on any atom is 0.257 e. The van der Waals surface area contributed by atoms with Crippen molar-refractivity contribution in [2.24, 2.45) is 0 Å². The van der Waals surface area contributed by atoms with Crippen molar-refractivity contribution in [3.8, 4) is 0 Å². The SMILES string of the molecule is Cc1cc(C(=O)Nc2cc(C)nn2C(C)(C)C)c2cnn(Cc3cccs3)c2n1. The highest BCUT2D eigenvalue weighted by atomic mass is 32.1. The Morgan fingerprint density at radius 3 is 2.69 bits per heavy atom. The van der Waals surface area contributed by atoms with Gasteiger partial charge in [-0.2, -0.15) is 10.2 Å². The summed E-state index contributed by atoms with van der Waals surface area (Å²) in [5.74, 6) is 0.482. The minimum Gasteiger partial charge on any atom is -0.307 e. The number of aromatic nitrogens is 5. The predicted octanol–water partition coefficient (Wildman–Crippen LogP) is 4.36. The van der Waals surface area contributed by atoms with Gasteiger partial charge in [0.1, 0.15) is 5.82 Å². The summed E-state index contributed by atoms with van der Waals surface area (Å²) >= 11 is 1.67. The number of hydrogen-bond donors (Lipinski definition) is 1. The molecule has 0 unspecified atom stereocenters. The smallest absolute Gasteiger partial charge is 0.257 e. The Hall–Kier alpha value is -3.00. The summed E-state index contributed by atoms with van der Waals surface area (Å²) in [6, 6.07) is 7.77. The number of rotatable bonds is 4. The molecular formula is C21H24N6OS. The molecule has 4 heterocycles. The first-order chi connectivity index (χ1) is 13.7. The van der Waals surface area contributed by atoms with Gasteiger partial charge >= 0.3 is 0 Å². The number of anilines is 1. The van der Waals surface area contributed by atoms with Gasteiger partial charge in [-0.15, -0.1) is 11.3 Å². The Bertz CT molecular complexity index is 1180. The lowest BCUT2D eigenvalue weighted by molar-refractivity contribution is 0.102. The average Bonchev–Trinajstić information content (AvgIpc) is 3.35. The second-order valence-corrected chi connectivity index (χ2v) is 9.17. The lowest BCUT2D eigenvalue weighted by Crippen LogP contribution is -2.27. The molecule has 8 heteroatoms. The Labute approximate surface area is 173 Å². The Balaban J connectivity index is 1.71. The third-order valence-electron chi connectivity index (χ3n) is 4.58. The Morgan fingerprint density at radius 1 is 1.21 bits per heavy atom. The molecule has 0 fully saturated rings. The molecule has 4 rings (SSSR count). The summed E-state index contributed by atoms with van der Waals surface area (Å²) in [5.41, 5.74) is 2.66. The first-order valence-electron chi connectivity index (χ1n) is 9.46. The van der Waals surface area contributed by atoms with Gasteiger partial charge < -0.3 is 5.32 Å². The van der Waals surface area contributed by atoms with Crippen molar-refractivity contribution in [2.75, 3.05) is 5.32 Å². The quantitative estimate of drug-likeness (QED) is 0.544. The summed E-state index contributed by atoms with van der Waals surface area (Å²) in [6.07, 6.45) is 1.72. The Kier molecular flexibility index (Phi) is 4.74. The van der Waals surface area contributed by atoms with Crippen molar-refractivity contribution in [1.82, 2.24) is 24.5 Å². The molecule has 0 atom stereocenters. The number of nitrogens with zero attached hydrogens (tertiary/aromatic N) is 5. The standard InChI is InChI=1S/C21H24N6OS/c1-13-9-16(20(28)24-18-10-14(2)25-27(18)21(3,4)5)17-11-22-26(19(17)23-13)12-15-7-6-8-29-15/h6-11H,12H2,1-5H3,(H,24,28). The summed E-state index contributed by atoms with van der Waals surface area (Å²) in [6.45, 7) is 10.6. The molecule has 1 N–H and O–H groups in total. The minimum atomic E-state index is -0.244. The van der Waals surface area contributed by atoms with E-state index >= 15 is 0 Å². The molecule has 1 amide bonds. The van der Waals surface area contributed by atoms with Crippen LogP contribution in [0.5, 0.6) is 0 Å². The summed E-state index contributed by atoms with van der Waals surface area (Å²) in [7, 11) is 0. The normalized spacial score (nSPS) is 11.9. The number of carbonyl (C=O) groups excluding carboxylic acids is 1. The molecule has 7 nitrogen and oxygen atoms in total. The van der Waals surface area contributed by atoms with E-state index in [0.29, 0.717) is 23.6 Å². The van der Waals surface area contributed by atoms with Gasteiger partial charge in [0, 0.05) is 16.6 Å². The molecule has 0 aromatic carbocycles. The number of pyridine rings is 1. The molecule has 4 aromatic heterocycles. The first-order valence-corrected chi connectivity index (χ1v) is 10.3. The van der Waals surface area contributed by atoms with E-state index in [1.807, 2.05) is 40.7 Å². The van der Waals surface area contributed by atoms with Crippen LogP contribution in [0.1, 0.15) is 47.4 Å². The van der Waals surface area contributed by atoms with Crippen LogP contribution in [-0.4, -0.2) is 30.5 Å². The van der Waals surface area contributed by atoms with Crippen LogP contribution in [0.15, 0.2) is 35.8 Å². The second kappa shape index (κ2) is 7.11. The summed E-state index contributed by atoms with van der Waals surface area (Å²) in [5, 5.41) is 14.8. The predicted molar refractivity (Wildman–Crippen MR) is 116 cm³/mol. The van der Waals surface area contributed by atoms with Crippen molar-refractivity contribution in [3.63, 3.8) is 0 Å². The molecule has 29 heavy (non-hydrogen) atoms. The topological polar surface area (TPSA) is 77.6 Å². The first kappa shape index (κ1) is 19.3. The fourth-order valence-electron chi connectivity index (χ4n) is 3.31. The van der Waals surface area contributed by atoms with Crippen LogP contribution in [0.4, 0.5) is 5.82 Å². The summed E-state index contributed by atoms with van der Waals surface area (Å²) < 4.78 is 3.68. The number of aryl methyl sites for hydroxylation is 2. The van der Waals surface area contributed by atoms with Crippen LogP contribution in [0.3, 0.4) is 0 Å². The monoisotopic (exact) mass is 408 g/mol. The highest BCUT2D eigenvalue weighted by Gasteiger charge is 2.22. The van der Waals surface area contributed by atoms with E-state index in [1.165, 1.54) is 4.88 Å².